The molecule has 0 saturated heterocycles. The number of carboxylic acid groups (broad SMARTS) is 1. The first-order valence-corrected chi connectivity index (χ1v) is 8.33. The fourth-order valence-electron chi connectivity index (χ4n) is 2.13. The predicted octanol–water partition coefficient (Wildman–Crippen LogP) is 2.28. The number of halogens is 1. The number of rotatable bonds is 6. The first kappa shape index (κ1) is 17.1. The Bertz CT molecular complexity index is 806. The number of sulfonamides is 1. The van der Waals surface area contributed by atoms with Crippen molar-refractivity contribution in [2.24, 2.45) is 0 Å². The fourth-order valence-corrected chi connectivity index (χ4v) is 3.23. The zero-order valence-corrected chi connectivity index (χ0v) is 13.2. The molecule has 2 aromatic carbocycles. The van der Waals surface area contributed by atoms with Crippen LogP contribution in [0.5, 0.6) is 0 Å². The Hall–Kier alpha value is -2.25. The van der Waals surface area contributed by atoms with Gasteiger partial charge in [0.25, 0.3) is 0 Å². The Balaban J connectivity index is 2.21. The van der Waals surface area contributed by atoms with E-state index in [4.69, 9.17) is 0 Å². The molecule has 122 valence electrons. The summed E-state index contributed by atoms with van der Waals surface area (Å²) >= 11 is 0. The van der Waals surface area contributed by atoms with Crippen molar-refractivity contribution in [1.29, 1.82) is 0 Å². The van der Waals surface area contributed by atoms with Gasteiger partial charge >= 0.3 is 5.97 Å². The van der Waals surface area contributed by atoms with E-state index >= 15 is 0 Å². The molecule has 2 aromatic rings. The molecule has 1 atom stereocenters. The summed E-state index contributed by atoms with van der Waals surface area (Å²) in [5.41, 5.74) is 1.06. The van der Waals surface area contributed by atoms with Crippen LogP contribution in [0.2, 0.25) is 0 Å². The number of hydrogen-bond acceptors (Lipinski definition) is 3. The summed E-state index contributed by atoms with van der Waals surface area (Å²) in [6, 6.07) is 12.0. The molecule has 0 aliphatic carbocycles. The van der Waals surface area contributed by atoms with Gasteiger partial charge in [0, 0.05) is 6.54 Å². The average molecular weight is 337 g/mol. The Labute approximate surface area is 133 Å². The van der Waals surface area contributed by atoms with Crippen molar-refractivity contribution in [3.05, 3.63) is 65.5 Å². The molecule has 5 nitrogen and oxygen atoms in total. The van der Waals surface area contributed by atoms with E-state index in [0.29, 0.717) is 11.1 Å². The second-order valence-corrected chi connectivity index (χ2v) is 6.82. The van der Waals surface area contributed by atoms with E-state index in [-0.39, 0.29) is 6.54 Å². The normalized spacial score (nSPS) is 12.8. The van der Waals surface area contributed by atoms with E-state index in [2.05, 4.69) is 4.72 Å². The highest BCUT2D eigenvalue weighted by molar-refractivity contribution is 7.89. The second kappa shape index (κ2) is 6.89. The van der Waals surface area contributed by atoms with Gasteiger partial charge in [-0.2, -0.15) is 0 Å². The maximum atomic E-state index is 13.8. The van der Waals surface area contributed by atoms with Gasteiger partial charge in [-0.05, 0) is 30.2 Å². The molecular formula is C16H16FNO4S. The van der Waals surface area contributed by atoms with Crippen LogP contribution in [0.1, 0.15) is 17.0 Å². The largest absolute Gasteiger partial charge is 0.481 e. The molecule has 1 unspecified atom stereocenters. The van der Waals surface area contributed by atoms with Crippen molar-refractivity contribution in [3.63, 3.8) is 0 Å². The van der Waals surface area contributed by atoms with Gasteiger partial charge in [0.15, 0.2) is 0 Å². The second-order valence-electron chi connectivity index (χ2n) is 5.09. The van der Waals surface area contributed by atoms with Crippen molar-refractivity contribution < 1.29 is 22.7 Å². The van der Waals surface area contributed by atoms with E-state index in [1.54, 1.807) is 37.3 Å². The minimum atomic E-state index is -4.13. The number of carbonyl (C=O) groups is 1. The summed E-state index contributed by atoms with van der Waals surface area (Å²) in [6.45, 7) is 1.28. The maximum absolute atomic E-state index is 13.8. The van der Waals surface area contributed by atoms with Crippen LogP contribution in [0, 0.1) is 12.7 Å². The van der Waals surface area contributed by atoms with Crippen molar-refractivity contribution in [2.75, 3.05) is 6.54 Å². The van der Waals surface area contributed by atoms with E-state index in [1.165, 1.54) is 6.07 Å². The third-order valence-electron chi connectivity index (χ3n) is 3.35. The van der Waals surface area contributed by atoms with Gasteiger partial charge in [0.2, 0.25) is 10.0 Å². The molecule has 2 rings (SSSR count). The molecule has 0 heterocycles. The molecule has 0 spiro atoms. The van der Waals surface area contributed by atoms with Crippen molar-refractivity contribution in [3.8, 4) is 0 Å². The minimum Gasteiger partial charge on any atom is -0.481 e. The molecule has 0 radical (unpaired) electrons. The van der Waals surface area contributed by atoms with Gasteiger partial charge in [0.1, 0.15) is 10.7 Å². The summed E-state index contributed by atoms with van der Waals surface area (Å²) in [6.07, 6.45) is 0. The number of aliphatic carboxylic acids is 1. The van der Waals surface area contributed by atoms with Gasteiger partial charge in [0.05, 0.1) is 5.92 Å². The Morgan fingerprint density at radius 3 is 2.43 bits per heavy atom. The number of hydrogen-bond donors (Lipinski definition) is 2. The lowest BCUT2D eigenvalue weighted by atomic mass is 10.00. The van der Waals surface area contributed by atoms with Crippen LogP contribution < -0.4 is 4.72 Å². The summed E-state index contributed by atoms with van der Waals surface area (Å²) in [5.74, 6) is -3.09. The van der Waals surface area contributed by atoms with Crippen LogP contribution in [-0.2, 0) is 14.8 Å². The van der Waals surface area contributed by atoms with Crippen LogP contribution in [-0.4, -0.2) is 26.0 Å². The highest BCUT2D eigenvalue weighted by atomic mass is 32.2. The lowest BCUT2D eigenvalue weighted by molar-refractivity contribution is -0.138. The van der Waals surface area contributed by atoms with Crippen molar-refractivity contribution >= 4 is 16.0 Å². The fraction of sp³-hybridized carbons (Fsp3) is 0.188. The molecular weight excluding hydrogens is 321 g/mol. The Morgan fingerprint density at radius 2 is 1.87 bits per heavy atom. The minimum absolute atomic E-state index is 0.366. The predicted molar refractivity (Wildman–Crippen MR) is 83.1 cm³/mol. The molecule has 0 saturated carbocycles. The van der Waals surface area contributed by atoms with Crippen LogP contribution in [0.15, 0.2) is 53.4 Å². The van der Waals surface area contributed by atoms with E-state index in [9.17, 15) is 22.7 Å². The Morgan fingerprint density at radius 1 is 1.22 bits per heavy atom. The SMILES string of the molecule is Cc1ccc(S(=O)(=O)NCC(C(=O)O)c2ccccc2)c(F)c1. The number of benzene rings is 2. The van der Waals surface area contributed by atoms with Crippen LogP contribution in [0.25, 0.3) is 0 Å². The molecule has 23 heavy (non-hydrogen) atoms. The number of aryl methyl sites for hydroxylation is 1. The van der Waals surface area contributed by atoms with Gasteiger partial charge in [-0.15, -0.1) is 0 Å². The highest BCUT2D eigenvalue weighted by Gasteiger charge is 2.25. The van der Waals surface area contributed by atoms with Gasteiger partial charge in [-0.1, -0.05) is 36.4 Å². The quantitative estimate of drug-likeness (QED) is 0.847. The zero-order valence-electron chi connectivity index (χ0n) is 12.4. The van der Waals surface area contributed by atoms with Crippen LogP contribution in [0.4, 0.5) is 4.39 Å². The smallest absolute Gasteiger partial charge is 0.312 e. The number of nitrogens with one attached hydrogen (secondary N) is 1. The molecule has 0 bridgehead atoms. The summed E-state index contributed by atoms with van der Waals surface area (Å²) in [5, 5.41) is 9.28. The molecule has 7 heteroatoms. The number of carboxylic acids is 1. The van der Waals surface area contributed by atoms with Gasteiger partial charge in [-0.3, -0.25) is 4.79 Å². The molecule has 2 N–H and O–H groups in total. The highest BCUT2D eigenvalue weighted by Crippen LogP contribution is 2.18. The van der Waals surface area contributed by atoms with E-state index in [1.807, 2.05) is 0 Å². The van der Waals surface area contributed by atoms with E-state index in [0.717, 1.165) is 12.1 Å². The summed E-state index contributed by atoms with van der Waals surface area (Å²) in [4.78, 5) is 10.9. The first-order chi connectivity index (χ1) is 10.8. The zero-order chi connectivity index (χ0) is 17.0. The van der Waals surface area contributed by atoms with Gasteiger partial charge in [-0.25, -0.2) is 17.5 Å². The lowest BCUT2D eigenvalue weighted by Gasteiger charge is -2.14. The maximum Gasteiger partial charge on any atom is 0.312 e. The molecule has 0 aliphatic heterocycles. The third kappa shape index (κ3) is 4.14. The Kier molecular flexibility index (Phi) is 5.12. The third-order valence-corrected chi connectivity index (χ3v) is 4.81. The lowest BCUT2D eigenvalue weighted by Crippen LogP contribution is -2.32. The molecule has 0 aromatic heterocycles. The van der Waals surface area contributed by atoms with Crippen molar-refractivity contribution in [1.82, 2.24) is 4.72 Å². The standard InChI is InChI=1S/C16H16FNO4S/c1-11-7-8-15(14(17)9-11)23(21,22)18-10-13(16(19)20)12-5-3-2-4-6-12/h2-9,13,18H,10H2,1H3,(H,19,20). The summed E-state index contributed by atoms with van der Waals surface area (Å²) in [7, 11) is -4.13. The van der Waals surface area contributed by atoms with Crippen LogP contribution in [0.3, 0.4) is 0 Å². The van der Waals surface area contributed by atoms with Crippen molar-refractivity contribution in [2.45, 2.75) is 17.7 Å². The average Bonchev–Trinajstić information content (AvgIpc) is 2.47. The molecule has 0 fully saturated rings. The topological polar surface area (TPSA) is 83.5 Å². The first-order valence-electron chi connectivity index (χ1n) is 6.85. The van der Waals surface area contributed by atoms with E-state index < -0.39 is 32.6 Å². The molecule has 0 aliphatic rings. The summed E-state index contributed by atoms with van der Waals surface area (Å²) < 4.78 is 40.3. The van der Waals surface area contributed by atoms with Crippen LogP contribution >= 0.6 is 0 Å². The molecule has 0 amide bonds. The van der Waals surface area contributed by atoms with Gasteiger partial charge < -0.3 is 5.11 Å². The monoisotopic (exact) mass is 337 g/mol.